The number of aromatic nitrogens is 1. The van der Waals surface area contributed by atoms with E-state index in [-0.39, 0.29) is 5.75 Å². The molecule has 19 heavy (non-hydrogen) atoms. The molecule has 0 radical (unpaired) electrons. The lowest BCUT2D eigenvalue weighted by molar-refractivity contribution is -0.274. The fraction of sp³-hybridized carbons (Fsp3) is 0.250. The van der Waals surface area contributed by atoms with E-state index < -0.39 is 6.36 Å². The zero-order chi connectivity index (χ0) is 13.9. The van der Waals surface area contributed by atoms with Gasteiger partial charge >= 0.3 is 6.36 Å². The number of hydrogen-bond acceptors (Lipinski definition) is 4. The van der Waals surface area contributed by atoms with Crippen LogP contribution in [0.2, 0.25) is 0 Å². The van der Waals surface area contributed by atoms with E-state index in [1.807, 2.05) is 0 Å². The van der Waals surface area contributed by atoms with E-state index in [1.165, 1.54) is 29.5 Å². The summed E-state index contributed by atoms with van der Waals surface area (Å²) < 4.78 is 40.8. The number of benzene rings is 1. The zero-order valence-electron chi connectivity index (χ0n) is 9.62. The maximum Gasteiger partial charge on any atom is 0.573 e. The van der Waals surface area contributed by atoms with E-state index in [0.29, 0.717) is 23.3 Å². The number of halogens is 3. The van der Waals surface area contributed by atoms with Crippen LogP contribution in [0.4, 0.5) is 13.2 Å². The molecule has 0 bridgehead atoms. The first kappa shape index (κ1) is 13.6. The van der Waals surface area contributed by atoms with E-state index in [4.69, 9.17) is 6.42 Å². The minimum Gasteiger partial charge on any atom is -0.406 e. The topological polar surface area (TPSA) is 34.2 Å². The minimum absolute atomic E-state index is 0.244. The molecule has 0 spiro atoms. The molecule has 0 amide bonds. The lowest BCUT2D eigenvalue weighted by Crippen LogP contribution is -2.16. The standard InChI is InChI=1S/C12H9F3N2OS/c1-2-5-16-7-11-17-9-4-3-8(6-10(9)19-11)18-12(13,14)15/h1,3-4,6,16H,5,7H2. The van der Waals surface area contributed by atoms with Crippen LogP contribution in [-0.4, -0.2) is 17.9 Å². The largest absolute Gasteiger partial charge is 0.573 e. The van der Waals surface area contributed by atoms with Crippen molar-refractivity contribution in [2.24, 2.45) is 0 Å². The Balaban J connectivity index is 2.17. The molecule has 2 rings (SSSR count). The van der Waals surface area contributed by atoms with Crippen molar-refractivity contribution in [1.29, 1.82) is 0 Å². The number of nitrogens with zero attached hydrogens (tertiary/aromatic N) is 1. The van der Waals surface area contributed by atoms with Crippen molar-refractivity contribution in [3.05, 3.63) is 23.2 Å². The van der Waals surface area contributed by atoms with Gasteiger partial charge in [-0.15, -0.1) is 30.9 Å². The van der Waals surface area contributed by atoms with Gasteiger partial charge in [0.05, 0.1) is 16.8 Å². The Hall–Kier alpha value is -1.78. The third-order valence-electron chi connectivity index (χ3n) is 2.14. The van der Waals surface area contributed by atoms with Gasteiger partial charge in [-0.05, 0) is 18.2 Å². The van der Waals surface area contributed by atoms with Crippen LogP contribution < -0.4 is 10.1 Å². The van der Waals surface area contributed by atoms with Gasteiger partial charge in [0.1, 0.15) is 10.8 Å². The van der Waals surface area contributed by atoms with Crippen LogP contribution in [-0.2, 0) is 6.54 Å². The van der Waals surface area contributed by atoms with Gasteiger partial charge in [0.25, 0.3) is 0 Å². The van der Waals surface area contributed by atoms with Crippen molar-refractivity contribution in [3.63, 3.8) is 0 Å². The Labute approximate surface area is 111 Å². The highest BCUT2D eigenvalue weighted by Crippen LogP contribution is 2.29. The first-order valence-electron chi connectivity index (χ1n) is 5.27. The molecule has 7 heteroatoms. The summed E-state index contributed by atoms with van der Waals surface area (Å²) in [6, 6.07) is 4.07. The van der Waals surface area contributed by atoms with Crippen LogP contribution in [0, 0.1) is 12.3 Å². The number of terminal acetylenes is 1. The van der Waals surface area contributed by atoms with Gasteiger partial charge in [0.2, 0.25) is 0 Å². The van der Waals surface area contributed by atoms with Crippen LogP contribution in [0.1, 0.15) is 5.01 Å². The molecule has 0 aliphatic rings. The van der Waals surface area contributed by atoms with E-state index >= 15 is 0 Å². The predicted octanol–water partition coefficient (Wildman–Crippen LogP) is 2.92. The Bertz CT molecular complexity index is 615. The molecule has 0 saturated heterocycles. The third kappa shape index (κ3) is 3.84. The second-order valence-corrected chi connectivity index (χ2v) is 4.71. The second kappa shape index (κ2) is 5.47. The molecular weight excluding hydrogens is 277 g/mol. The number of thiazole rings is 1. The highest BCUT2D eigenvalue weighted by atomic mass is 32.1. The van der Waals surface area contributed by atoms with Crippen molar-refractivity contribution in [2.45, 2.75) is 12.9 Å². The molecule has 100 valence electrons. The number of fused-ring (bicyclic) bond motifs is 1. The summed E-state index contributed by atoms with van der Waals surface area (Å²) in [4.78, 5) is 4.27. The molecule has 0 atom stereocenters. The van der Waals surface area contributed by atoms with Gasteiger partial charge in [-0.2, -0.15) is 0 Å². The average Bonchev–Trinajstić information content (AvgIpc) is 2.69. The molecule has 1 aromatic heterocycles. The SMILES string of the molecule is C#CCNCc1nc2ccc(OC(F)(F)F)cc2s1. The smallest absolute Gasteiger partial charge is 0.406 e. The van der Waals surface area contributed by atoms with Crippen molar-refractivity contribution >= 4 is 21.6 Å². The number of nitrogens with one attached hydrogen (secondary N) is 1. The van der Waals surface area contributed by atoms with Crippen LogP contribution in [0.5, 0.6) is 5.75 Å². The highest BCUT2D eigenvalue weighted by molar-refractivity contribution is 7.18. The summed E-state index contributed by atoms with van der Waals surface area (Å²) in [5.41, 5.74) is 0.636. The minimum atomic E-state index is -4.68. The first-order chi connectivity index (χ1) is 8.98. The summed E-state index contributed by atoms with van der Waals surface area (Å²) in [7, 11) is 0. The lowest BCUT2D eigenvalue weighted by atomic mass is 10.3. The molecule has 0 aliphatic carbocycles. The van der Waals surface area contributed by atoms with E-state index in [1.54, 1.807) is 0 Å². The molecule has 0 saturated carbocycles. The van der Waals surface area contributed by atoms with Crippen molar-refractivity contribution < 1.29 is 17.9 Å². The molecule has 1 N–H and O–H groups in total. The van der Waals surface area contributed by atoms with Gasteiger partial charge in [-0.25, -0.2) is 4.98 Å². The van der Waals surface area contributed by atoms with Crippen molar-refractivity contribution in [3.8, 4) is 18.1 Å². The average molecular weight is 286 g/mol. The summed E-state index contributed by atoms with van der Waals surface area (Å²) in [5.74, 6) is 2.18. The lowest BCUT2D eigenvalue weighted by Gasteiger charge is -2.07. The zero-order valence-corrected chi connectivity index (χ0v) is 10.4. The Morgan fingerprint density at radius 3 is 2.89 bits per heavy atom. The highest BCUT2D eigenvalue weighted by Gasteiger charge is 2.31. The van der Waals surface area contributed by atoms with Crippen molar-refractivity contribution in [1.82, 2.24) is 10.3 Å². The van der Waals surface area contributed by atoms with Crippen LogP contribution in [0.15, 0.2) is 18.2 Å². The summed E-state index contributed by atoms with van der Waals surface area (Å²) in [6.07, 6.45) is 0.409. The summed E-state index contributed by atoms with van der Waals surface area (Å²) >= 11 is 1.30. The molecule has 3 nitrogen and oxygen atoms in total. The molecule has 1 aromatic carbocycles. The molecule has 0 fully saturated rings. The fourth-order valence-electron chi connectivity index (χ4n) is 1.47. The maximum atomic E-state index is 12.1. The molecule has 0 unspecified atom stereocenters. The summed E-state index contributed by atoms with van der Waals surface area (Å²) in [6.45, 7) is 0.900. The van der Waals surface area contributed by atoms with Crippen LogP contribution in [0.25, 0.3) is 10.2 Å². The molecule has 0 aliphatic heterocycles. The van der Waals surface area contributed by atoms with Crippen LogP contribution >= 0.6 is 11.3 Å². The number of ether oxygens (including phenoxy) is 1. The molecule has 2 aromatic rings. The van der Waals surface area contributed by atoms with E-state index in [2.05, 4.69) is 21.0 Å². The quantitative estimate of drug-likeness (QED) is 0.693. The maximum absolute atomic E-state index is 12.1. The molecular formula is C12H9F3N2OS. The van der Waals surface area contributed by atoms with Gasteiger partial charge in [0.15, 0.2) is 0 Å². The third-order valence-corrected chi connectivity index (χ3v) is 3.16. The Kier molecular flexibility index (Phi) is 3.93. The second-order valence-electron chi connectivity index (χ2n) is 3.59. The van der Waals surface area contributed by atoms with Gasteiger partial charge in [-0.1, -0.05) is 5.92 Å². The Morgan fingerprint density at radius 2 is 2.21 bits per heavy atom. The normalized spacial score (nSPS) is 11.5. The monoisotopic (exact) mass is 286 g/mol. The summed E-state index contributed by atoms with van der Waals surface area (Å²) in [5, 5.41) is 3.72. The molecule has 1 heterocycles. The van der Waals surface area contributed by atoms with Gasteiger partial charge in [-0.3, -0.25) is 5.32 Å². The number of hydrogen-bond donors (Lipinski definition) is 1. The van der Waals surface area contributed by atoms with E-state index in [0.717, 1.165) is 5.01 Å². The first-order valence-corrected chi connectivity index (χ1v) is 6.09. The van der Waals surface area contributed by atoms with Gasteiger partial charge in [0, 0.05) is 6.54 Å². The number of rotatable bonds is 4. The fourth-order valence-corrected chi connectivity index (χ4v) is 2.43. The van der Waals surface area contributed by atoms with Crippen LogP contribution in [0.3, 0.4) is 0 Å². The Morgan fingerprint density at radius 1 is 1.42 bits per heavy atom. The predicted molar refractivity (Wildman–Crippen MR) is 66.8 cm³/mol. The van der Waals surface area contributed by atoms with Crippen molar-refractivity contribution in [2.75, 3.05) is 6.54 Å². The van der Waals surface area contributed by atoms with Gasteiger partial charge < -0.3 is 4.74 Å². The number of alkyl halides is 3. The van der Waals surface area contributed by atoms with E-state index in [9.17, 15) is 13.2 Å².